The molecule has 1 aromatic heterocycles. The van der Waals surface area contributed by atoms with E-state index in [0.29, 0.717) is 11.7 Å². The monoisotopic (exact) mass is 221 g/mol. The summed E-state index contributed by atoms with van der Waals surface area (Å²) in [6.07, 6.45) is 4.24. The predicted octanol–water partition coefficient (Wildman–Crippen LogP) is 1.53. The van der Waals surface area contributed by atoms with E-state index in [1.54, 1.807) is 7.11 Å². The molecule has 88 valence electrons. The molecule has 0 spiro atoms. The zero-order chi connectivity index (χ0) is 11.4. The summed E-state index contributed by atoms with van der Waals surface area (Å²) in [4.78, 5) is 6.48. The Hall–Kier alpha value is -1.29. The summed E-state index contributed by atoms with van der Waals surface area (Å²) in [7, 11) is 1.77. The maximum atomic E-state index is 5.57. The van der Waals surface area contributed by atoms with Crippen LogP contribution in [0.25, 0.3) is 0 Å². The molecule has 1 saturated heterocycles. The summed E-state index contributed by atoms with van der Waals surface area (Å²) in [6.45, 7) is 3.05. The van der Waals surface area contributed by atoms with Gasteiger partial charge in [-0.15, -0.1) is 0 Å². The van der Waals surface area contributed by atoms with Gasteiger partial charge in [0.1, 0.15) is 5.82 Å². The van der Waals surface area contributed by atoms with Crippen LogP contribution in [0.15, 0.2) is 18.3 Å². The molecule has 4 nitrogen and oxygen atoms in total. The van der Waals surface area contributed by atoms with Crippen molar-refractivity contribution in [2.75, 3.05) is 37.4 Å². The Morgan fingerprint density at radius 2 is 2.19 bits per heavy atom. The molecular weight excluding hydrogens is 202 g/mol. The van der Waals surface area contributed by atoms with Crippen LogP contribution in [-0.4, -0.2) is 31.8 Å². The van der Waals surface area contributed by atoms with Gasteiger partial charge in [-0.2, -0.15) is 0 Å². The summed E-state index contributed by atoms with van der Waals surface area (Å²) < 4.78 is 5.19. The average molecular weight is 221 g/mol. The van der Waals surface area contributed by atoms with Gasteiger partial charge >= 0.3 is 0 Å². The van der Waals surface area contributed by atoms with Crippen molar-refractivity contribution in [1.29, 1.82) is 0 Å². The second-order valence-electron chi connectivity index (χ2n) is 4.33. The molecule has 16 heavy (non-hydrogen) atoms. The largest absolute Gasteiger partial charge is 0.384 e. The topological polar surface area (TPSA) is 51.4 Å². The molecule has 2 heterocycles. The molecule has 0 amide bonds. The van der Waals surface area contributed by atoms with Crippen LogP contribution < -0.4 is 10.6 Å². The Morgan fingerprint density at radius 1 is 1.44 bits per heavy atom. The van der Waals surface area contributed by atoms with Crippen LogP contribution in [0.2, 0.25) is 0 Å². The number of pyridine rings is 1. The quantitative estimate of drug-likeness (QED) is 0.841. The van der Waals surface area contributed by atoms with Gasteiger partial charge in [0.15, 0.2) is 0 Å². The summed E-state index contributed by atoms with van der Waals surface area (Å²) in [5.41, 5.74) is 6.74. The Labute approximate surface area is 96.4 Å². The van der Waals surface area contributed by atoms with E-state index in [1.165, 1.54) is 18.5 Å². The molecule has 2 rings (SSSR count). The molecule has 0 aliphatic carbocycles. The lowest BCUT2D eigenvalue weighted by atomic mass is 9.97. The third-order valence-electron chi connectivity index (χ3n) is 3.15. The molecule has 0 atom stereocenters. The molecule has 0 radical (unpaired) electrons. The van der Waals surface area contributed by atoms with Crippen molar-refractivity contribution in [3.8, 4) is 0 Å². The van der Waals surface area contributed by atoms with Gasteiger partial charge in [-0.25, -0.2) is 4.98 Å². The Balaban J connectivity index is 1.91. The fourth-order valence-electron chi connectivity index (χ4n) is 2.18. The molecule has 1 aliphatic heterocycles. The summed E-state index contributed by atoms with van der Waals surface area (Å²) in [5.74, 6) is 1.29. The molecule has 0 saturated carbocycles. The first-order chi connectivity index (χ1) is 7.79. The van der Waals surface area contributed by atoms with Crippen LogP contribution in [0.1, 0.15) is 12.8 Å². The minimum atomic E-state index is 0.581. The molecule has 0 bridgehead atoms. The van der Waals surface area contributed by atoms with Crippen LogP contribution in [0.5, 0.6) is 0 Å². The van der Waals surface area contributed by atoms with E-state index in [2.05, 4.69) is 9.88 Å². The van der Waals surface area contributed by atoms with Crippen LogP contribution in [-0.2, 0) is 4.74 Å². The number of anilines is 2. The molecule has 1 fully saturated rings. The number of methoxy groups -OCH3 is 1. The predicted molar refractivity (Wildman–Crippen MR) is 65.5 cm³/mol. The fraction of sp³-hybridized carbons (Fsp3) is 0.583. The van der Waals surface area contributed by atoms with Gasteiger partial charge in [0.25, 0.3) is 0 Å². The molecule has 0 aromatic carbocycles. The summed E-state index contributed by atoms with van der Waals surface area (Å²) >= 11 is 0. The van der Waals surface area contributed by atoms with Crippen molar-refractivity contribution in [3.63, 3.8) is 0 Å². The van der Waals surface area contributed by atoms with E-state index < -0.39 is 0 Å². The number of aromatic nitrogens is 1. The lowest BCUT2D eigenvalue weighted by Gasteiger charge is -2.33. The molecule has 2 N–H and O–H groups in total. The van der Waals surface area contributed by atoms with Crippen LogP contribution in [0.4, 0.5) is 11.5 Å². The third-order valence-corrected chi connectivity index (χ3v) is 3.15. The lowest BCUT2D eigenvalue weighted by molar-refractivity contribution is 0.139. The lowest BCUT2D eigenvalue weighted by Crippen LogP contribution is -2.35. The van der Waals surface area contributed by atoms with Crippen LogP contribution in [0, 0.1) is 5.92 Å². The molecule has 1 aromatic rings. The van der Waals surface area contributed by atoms with E-state index in [0.717, 1.165) is 19.7 Å². The highest BCUT2D eigenvalue weighted by Gasteiger charge is 2.19. The number of hydrogen-bond donors (Lipinski definition) is 1. The minimum absolute atomic E-state index is 0.581. The first-order valence-electron chi connectivity index (χ1n) is 5.75. The zero-order valence-corrected chi connectivity index (χ0v) is 9.72. The van der Waals surface area contributed by atoms with Crippen molar-refractivity contribution in [2.24, 2.45) is 5.92 Å². The number of nitrogens with zero attached hydrogens (tertiary/aromatic N) is 2. The maximum Gasteiger partial charge on any atom is 0.123 e. The van der Waals surface area contributed by atoms with Gasteiger partial charge in [-0.05, 0) is 30.9 Å². The number of rotatable bonds is 3. The SMILES string of the molecule is COCC1CCN(c2ccc(N)nc2)CC1. The highest BCUT2D eigenvalue weighted by molar-refractivity contribution is 5.48. The van der Waals surface area contributed by atoms with E-state index in [4.69, 9.17) is 10.5 Å². The number of piperidine rings is 1. The van der Waals surface area contributed by atoms with Gasteiger partial charge in [-0.1, -0.05) is 0 Å². The molecular formula is C12H19N3O. The normalized spacial score (nSPS) is 17.7. The van der Waals surface area contributed by atoms with Crippen molar-refractivity contribution >= 4 is 11.5 Å². The smallest absolute Gasteiger partial charge is 0.123 e. The second-order valence-corrected chi connectivity index (χ2v) is 4.33. The van der Waals surface area contributed by atoms with Crippen LogP contribution >= 0.6 is 0 Å². The fourth-order valence-corrected chi connectivity index (χ4v) is 2.18. The Bertz CT molecular complexity index is 318. The van der Waals surface area contributed by atoms with E-state index in [1.807, 2.05) is 18.3 Å². The molecule has 4 heteroatoms. The highest BCUT2D eigenvalue weighted by Crippen LogP contribution is 2.23. The van der Waals surface area contributed by atoms with Crippen molar-refractivity contribution in [1.82, 2.24) is 4.98 Å². The van der Waals surface area contributed by atoms with Gasteiger partial charge in [0.05, 0.1) is 11.9 Å². The van der Waals surface area contributed by atoms with Gasteiger partial charge in [0, 0.05) is 26.8 Å². The highest BCUT2D eigenvalue weighted by atomic mass is 16.5. The van der Waals surface area contributed by atoms with Crippen LogP contribution in [0.3, 0.4) is 0 Å². The number of ether oxygens (including phenoxy) is 1. The first-order valence-corrected chi connectivity index (χ1v) is 5.75. The Kier molecular flexibility index (Phi) is 3.62. The van der Waals surface area contributed by atoms with Crippen molar-refractivity contribution in [2.45, 2.75) is 12.8 Å². The van der Waals surface area contributed by atoms with E-state index >= 15 is 0 Å². The molecule has 0 unspecified atom stereocenters. The maximum absolute atomic E-state index is 5.57. The van der Waals surface area contributed by atoms with E-state index in [9.17, 15) is 0 Å². The van der Waals surface area contributed by atoms with Gasteiger partial charge < -0.3 is 15.4 Å². The Morgan fingerprint density at radius 3 is 2.75 bits per heavy atom. The number of nitrogens with two attached hydrogens (primary N) is 1. The number of hydrogen-bond acceptors (Lipinski definition) is 4. The third kappa shape index (κ3) is 2.64. The summed E-state index contributed by atoms with van der Waals surface area (Å²) in [6, 6.07) is 3.90. The van der Waals surface area contributed by atoms with E-state index in [-0.39, 0.29) is 0 Å². The van der Waals surface area contributed by atoms with Gasteiger partial charge in [0.2, 0.25) is 0 Å². The molecule has 1 aliphatic rings. The van der Waals surface area contributed by atoms with Crippen molar-refractivity contribution < 1.29 is 4.74 Å². The van der Waals surface area contributed by atoms with Crippen molar-refractivity contribution in [3.05, 3.63) is 18.3 Å². The summed E-state index contributed by atoms with van der Waals surface area (Å²) in [5, 5.41) is 0. The van der Waals surface area contributed by atoms with Gasteiger partial charge in [-0.3, -0.25) is 0 Å². The minimum Gasteiger partial charge on any atom is -0.384 e. The second kappa shape index (κ2) is 5.16. The number of nitrogen functional groups attached to an aromatic ring is 1. The zero-order valence-electron chi connectivity index (χ0n) is 9.72. The first kappa shape index (κ1) is 11.2. The standard InChI is InChI=1S/C12H19N3O/c1-16-9-10-4-6-15(7-5-10)11-2-3-12(13)14-8-11/h2-3,8,10H,4-7,9H2,1H3,(H2,13,14). The average Bonchev–Trinajstić information content (AvgIpc) is 2.32.